The van der Waals surface area contributed by atoms with Crippen LogP contribution in [0.2, 0.25) is 5.02 Å². The van der Waals surface area contributed by atoms with Crippen molar-refractivity contribution in [2.75, 3.05) is 15.6 Å². The van der Waals surface area contributed by atoms with Crippen molar-refractivity contribution < 1.29 is 22.8 Å². The van der Waals surface area contributed by atoms with Gasteiger partial charge in [-0.3, -0.25) is 14.5 Å². The van der Waals surface area contributed by atoms with Gasteiger partial charge in [-0.25, -0.2) is 0 Å². The van der Waals surface area contributed by atoms with Crippen LogP contribution in [-0.4, -0.2) is 17.6 Å². The molecule has 2 amide bonds. The molecule has 2 aliphatic heterocycles. The topological polar surface area (TPSA) is 40.6 Å². The van der Waals surface area contributed by atoms with E-state index >= 15 is 0 Å². The largest absolute Gasteiger partial charge is 0.416 e. The maximum atomic E-state index is 13.9. The molecule has 1 fully saturated rings. The fraction of sp³-hybridized carbons (Fsp3) is 0.167. The van der Waals surface area contributed by atoms with Crippen molar-refractivity contribution in [1.29, 1.82) is 0 Å². The minimum Gasteiger partial charge on any atom is -0.304 e. The van der Waals surface area contributed by atoms with Crippen LogP contribution in [0.25, 0.3) is 0 Å². The third kappa shape index (κ3) is 3.48. The number of thioether (sulfide) groups is 1. The quantitative estimate of drug-likeness (QED) is 0.465. The molecule has 9 heteroatoms. The number of alkyl halides is 3. The first kappa shape index (κ1) is 21.9. The minimum atomic E-state index is -4.57. The van der Waals surface area contributed by atoms with Gasteiger partial charge in [0.1, 0.15) is 0 Å². The van der Waals surface area contributed by atoms with E-state index in [1.807, 2.05) is 0 Å². The Morgan fingerprint density at radius 1 is 0.970 bits per heavy atom. The van der Waals surface area contributed by atoms with Crippen LogP contribution >= 0.6 is 23.4 Å². The Labute approximate surface area is 196 Å². The summed E-state index contributed by atoms with van der Waals surface area (Å²) >= 11 is 7.10. The van der Waals surface area contributed by atoms with Gasteiger partial charge in [-0.15, -0.1) is 11.8 Å². The van der Waals surface area contributed by atoms with E-state index in [1.54, 1.807) is 53.4 Å². The highest BCUT2D eigenvalue weighted by Gasteiger charge is 2.61. The van der Waals surface area contributed by atoms with Crippen LogP contribution < -0.4 is 9.80 Å². The molecule has 33 heavy (non-hydrogen) atoms. The summed E-state index contributed by atoms with van der Waals surface area (Å²) in [5.74, 6) is -0.812. The first-order valence-electron chi connectivity index (χ1n) is 10.0. The Hall–Kier alpha value is -2.97. The Bertz CT molecular complexity index is 1270. The second-order valence-corrected chi connectivity index (χ2v) is 9.35. The molecule has 2 heterocycles. The standard InChI is InChI=1S/C24H16ClF3N2O2S/c25-17-10-8-15(9-11-17)13-29-20-7-2-1-6-19(20)23(22(29)32)30(21(31)14-33-23)18-5-3-4-16(12-18)24(26,27)28/h1-12H,13-14H2/t23-/m1/s1. The number of para-hydroxylation sites is 1. The Balaban J connectivity index is 1.63. The number of nitrogens with zero attached hydrogens (tertiary/aromatic N) is 2. The molecule has 0 saturated carbocycles. The van der Waals surface area contributed by atoms with E-state index in [9.17, 15) is 22.8 Å². The number of rotatable bonds is 3. The second kappa shape index (κ2) is 7.81. The number of anilines is 2. The summed E-state index contributed by atoms with van der Waals surface area (Å²) in [6, 6.07) is 18.7. The number of benzene rings is 3. The summed E-state index contributed by atoms with van der Waals surface area (Å²) in [5, 5.41) is 0.566. The monoisotopic (exact) mass is 488 g/mol. The van der Waals surface area contributed by atoms with E-state index in [2.05, 4.69) is 0 Å². The molecule has 3 aromatic rings. The lowest BCUT2D eigenvalue weighted by Crippen LogP contribution is -2.49. The predicted molar refractivity (Wildman–Crippen MR) is 122 cm³/mol. The molecule has 3 aromatic carbocycles. The smallest absolute Gasteiger partial charge is 0.304 e. The summed E-state index contributed by atoms with van der Waals surface area (Å²) in [7, 11) is 0. The van der Waals surface area contributed by atoms with Crippen LogP contribution in [0.1, 0.15) is 16.7 Å². The van der Waals surface area contributed by atoms with Gasteiger partial charge >= 0.3 is 6.18 Å². The molecule has 4 nitrogen and oxygen atoms in total. The normalized spacial score (nSPS) is 20.1. The minimum absolute atomic E-state index is 0.0227. The molecule has 0 bridgehead atoms. The molecule has 5 rings (SSSR count). The van der Waals surface area contributed by atoms with Crippen molar-refractivity contribution >= 4 is 46.6 Å². The van der Waals surface area contributed by atoms with Gasteiger partial charge in [0.05, 0.1) is 23.5 Å². The fourth-order valence-corrected chi connectivity index (χ4v) is 5.79. The number of fused-ring (bicyclic) bond motifs is 2. The zero-order chi connectivity index (χ0) is 23.4. The van der Waals surface area contributed by atoms with Gasteiger partial charge in [0, 0.05) is 16.3 Å². The van der Waals surface area contributed by atoms with Gasteiger partial charge in [0.2, 0.25) is 10.8 Å². The van der Waals surface area contributed by atoms with E-state index < -0.39 is 22.5 Å². The number of hydrogen-bond acceptors (Lipinski definition) is 3. The second-order valence-electron chi connectivity index (χ2n) is 7.74. The van der Waals surface area contributed by atoms with Crippen molar-refractivity contribution in [2.24, 2.45) is 0 Å². The lowest BCUT2D eigenvalue weighted by Gasteiger charge is -2.33. The number of carbonyl (C=O) groups is 2. The molecule has 1 spiro atoms. The SMILES string of the molecule is O=C1CS[C@]2(C(=O)N(Cc3ccc(Cl)cc3)c3ccccc32)N1c1cccc(C(F)(F)F)c1. The highest BCUT2D eigenvalue weighted by molar-refractivity contribution is 8.02. The summed E-state index contributed by atoms with van der Waals surface area (Å²) in [4.78, 5) is 28.2. The number of hydrogen-bond donors (Lipinski definition) is 0. The van der Waals surface area contributed by atoms with Gasteiger partial charge in [0.15, 0.2) is 0 Å². The molecule has 0 unspecified atom stereocenters. The lowest BCUT2D eigenvalue weighted by molar-refractivity contribution is -0.137. The Morgan fingerprint density at radius 3 is 2.42 bits per heavy atom. The van der Waals surface area contributed by atoms with Crippen molar-refractivity contribution in [2.45, 2.75) is 17.6 Å². The number of carbonyl (C=O) groups excluding carboxylic acids is 2. The molecule has 1 atom stereocenters. The van der Waals surface area contributed by atoms with Crippen LogP contribution in [0.3, 0.4) is 0 Å². The fourth-order valence-electron chi connectivity index (χ4n) is 4.31. The van der Waals surface area contributed by atoms with Crippen LogP contribution in [0, 0.1) is 0 Å². The van der Waals surface area contributed by atoms with E-state index in [0.29, 0.717) is 16.3 Å². The molecule has 0 radical (unpaired) electrons. The maximum absolute atomic E-state index is 13.9. The van der Waals surface area contributed by atoms with Gasteiger partial charge in [-0.2, -0.15) is 13.2 Å². The Morgan fingerprint density at radius 2 is 1.70 bits per heavy atom. The molecule has 0 N–H and O–H groups in total. The molecular formula is C24H16ClF3N2O2S. The summed E-state index contributed by atoms with van der Waals surface area (Å²) in [6.07, 6.45) is -4.57. The van der Waals surface area contributed by atoms with E-state index in [4.69, 9.17) is 11.6 Å². The third-order valence-electron chi connectivity index (χ3n) is 5.75. The van der Waals surface area contributed by atoms with E-state index in [1.165, 1.54) is 17.0 Å². The van der Waals surface area contributed by atoms with Crippen molar-refractivity contribution in [3.63, 3.8) is 0 Å². The van der Waals surface area contributed by atoms with Gasteiger partial charge in [-0.05, 0) is 42.0 Å². The van der Waals surface area contributed by atoms with Gasteiger partial charge in [0.25, 0.3) is 5.91 Å². The lowest BCUT2D eigenvalue weighted by atomic mass is 10.0. The zero-order valence-electron chi connectivity index (χ0n) is 17.0. The summed E-state index contributed by atoms with van der Waals surface area (Å²) < 4.78 is 40.1. The average molecular weight is 489 g/mol. The van der Waals surface area contributed by atoms with Gasteiger partial charge < -0.3 is 4.90 Å². The average Bonchev–Trinajstić information content (AvgIpc) is 3.26. The molecule has 2 aliphatic rings. The molecule has 1 saturated heterocycles. The molecule has 168 valence electrons. The van der Waals surface area contributed by atoms with Crippen LogP contribution in [-0.2, 0) is 27.2 Å². The zero-order valence-corrected chi connectivity index (χ0v) is 18.5. The highest BCUT2D eigenvalue weighted by atomic mass is 35.5. The van der Waals surface area contributed by atoms with Crippen LogP contribution in [0.5, 0.6) is 0 Å². The predicted octanol–water partition coefficient (Wildman–Crippen LogP) is 5.84. The summed E-state index contributed by atoms with van der Waals surface area (Å²) in [5.41, 5.74) is 1.20. The maximum Gasteiger partial charge on any atom is 0.416 e. The Kier molecular flexibility index (Phi) is 5.17. The molecule has 0 aromatic heterocycles. The van der Waals surface area contributed by atoms with Gasteiger partial charge in [-0.1, -0.05) is 48.0 Å². The number of amides is 2. The highest BCUT2D eigenvalue weighted by Crippen LogP contribution is 2.56. The van der Waals surface area contributed by atoms with E-state index in [-0.39, 0.29) is 23.9 Å². The third-order valence-corrected chi connectivity index (χ3v) is 7.39. The van der Waals surface area contributed by atoms with Crippen LogP contribution in [0.4, 0.5) is 24.5 Å². The summed E-state index contributed by atoms with van der Waals surface area (Å²) in [6.45, 7) is 0.236. The molecular weight excluding hydrogens is 473 g/mol. The first-order valence-corrected chi connectivity index (χ1v) is 11.4. The van der Waals surface area contributed by atoms with E-state index in [0.717, 1.165) is 29.5 Å². The number of halogens is 4. The van der Waals surface area contributed by atoms with Crippen molar-refractivity contribution in [3.05, 3.63) is 94.5 Å². The van der Waals surface area contributed by atoms with Crippen LogP contribution in [0.15, 0.2) is 72.8 Å². The molecule has 0 aliphatic carbocycles. The van der Waals surface area contributed by atoms with Crippen molar-refractivity contribution in [1.82, 2.24) is 0 Å². The first-order chi connectivity index (χ1) is 15.7. The van der Waals surface area contributed by atoms with Crippen molar-refractivity contribution in [3.8, 4) is 0 Å².